The third-order valence-corrected chi connectivity index (χ3v) is 5.47. The zero-order chi connectivity index (χ0) is 12.8. The van der Waals surface area contributed by atoms with Gasteiger partial charge >= 0.3 is 0 Å². The van der Waals surface area contributed by atoms with Crippen LogP contribution < -0.4 is 0 Å². The maximum absolute atomic E-state index is 8.81. The average molecular weight is 312 g/mol. The Balaban J connectivity index is 2.50. The maximum atomic E-state index is 8.81. The molecule has 0 radical (unpaired) electrons. The van der Waals surface area contributed by atoms with Crippen LogP contribution in [0.3, 0.4) is 0 Å². The molecule has 0 saturated carbocycles. The molecule has 2 aliphatic heterocycles. The van der Waals surface area contributed by atoms with Gasteiger partial charge < -0.3 is 4.74 Å². The van der Waals surface area contributed by atoms with Gasteiger partial charge in [0.1, 0.15) is 0 Å². The molecular formula is C10H6Cl4N2O. The van der Waals surface area contributed by atoms with E-state index in [-0.39, 0.29) is 22.9 Å². The Hall–Kier alpha value is -0.160. The molecule has 0 unspecified atom stereocenters. The Morgan fingerprint density at radius 2 is 1.35 bits per heavy atom. The van der Waals surface area contributed by atoms with Gasteiger partial charge in [-0.05, 0) is 0 Å². The fraction of sp³-hybridized carbons (Fsp3) is 0.600. The molecule has 3 nitrogen and oxygen atoms in total. The predicted molar refractivity (Wildman–Crippen MR) is 64.4 cm³/mol. The van der Waals surface area contributed by atoms with Gasteiger partial charge in [-0.1, -0.05) is 46.4 Å². The molecule has 1 saturated heterocycles. The summed E-state index contributed by atoms with van der Waals surface area (Å²) >= 11 is 24.5. The third-order valence-electron chi connectivity index (χ3n) is 3.15. The van der Waals surface area contributed by atoms with E-state index < -0.39 is 22.0 Å². The van der Waals surface area contributed by atoms with E-state index in [4.69, 9.17) is 61.7 Å². The van der Waals surface area contributed by atoms with Gasteiger partial charge in [0.25, 0.3) is 0 Å². The molecule has 2 bridgehead atoms. The van der Waals surface area contributed by atoms with Crippen molar-refractivity contribution in [2.75, 3.05) is 0 Å². The number of ether oxygens (including phenoxy) is 1. The highest BCUT2D eigenvalue weighted by Crippen LogP contribution is 2.67. The highest BCUT2D eigenvalue weighted by molar-refractivity contribution is 6.49. The van der Waals surface area contributed by atoms with Crippen molar-refractivity contribution < 1.29 is 4.74 Å². The minimum Gasteiger partial charge on any atom is -0.327 e. The molecule has 90 valence electrons. The molecule has 0 spiro atoms. The normalized spacial score (nSPS) is 43.6. The van der Waals surface area contributed by atoms with Crippen LogP contribution in [0.1, 0.15) is 12.8 Å². The molecule has 2 aliphatic rings. The highest BCUT2D eigenvalue weighted by atomic mass is 35.5. The summed E-state index contributed by atoms with van der Waals surface area (Å²) < 4.78 is 5.49. The summed E-state index contributed by atoms with van der Waals surface area (Å²) in [5.74, 6) is -0.886. The summed E-state index contributed by atoms with van der Waals surface area (Å²) in [5, 5.41) is 15.1. The second-order valence-corrected chi connectivity index (χ2v) is 5.84. The molecular weight excluding hydrogens is 306 g/mol. The van der Waals surface area contributed by atoms with Crippen LogP contribution in [0.4, 0.5) is 0 Å². The Kier molecular flexibility index (Phi) is 3.28. The van der Waals surface area contributed by atoms with Crippen molar-refractivity contribution in [3.63, 3.8) is 0 Å². The molecule has 0 aromatic carbocycles. The Bertz CT molecular complexity index is 438. The summed E-state index contributed by atoms with van der Waals surface area (Å²) in [5.41, 5.74) is 0. The van der Waals surface area contributed by atoms with Gasteiger partial charge in [0.15, 0.2) is 10.1 Å². The molecule has 2 rings (SSSR count). The van der Waals surface area contributed by atoms with Crippen molar-refractivity contribution >= 4 is 46.4 Å². The number of halogens is 4. The smallest absolute Gasteiger partial charge is 0.185 e. The first kappa shape index (κ1) is 13.3. The van der Waals surface area contributed by atoms with Crippen molar-refractivity contribution in [1.82, 2.24) is 0 Å². The number of alkyl halides is 2. The molecule has 7 heteroatoms. The van der Waals surface area contributed by atoms with Crippen LogP contribution in [0.2, 0.25) is 0 Å². The van der Waals surface area contributed by atoms with Crippen molar-refractivity contribution in [3.05, 3.63) is 10.1 Å². The third kappa shape index (κ3) is 1.58. The number of rotatable bonds is 2. The quantitative estimate of drug-likeness (QED) is 0.731. The fourth-order valence-corrected chi connectivity index (χ4v) is 4.01. The zero-order valence-corrected chi connectivity index (χ0v) is 11.4. The minimum absolute atomic E-state index is 0.102. The van der Waals surface area contributed by atoms with E-state index in [2.05, 4.69) is 0 Å². The Morgan fingerprint density at radius 1 is 1.00 bits per heavy atom. The predicted octanol–water partition coefficient (Wildman–Crippen LogP) is 3.65. The van der Waals surface area contributed by atoms with E-state index in [9.17, 15) is 0 Å². The zero-order valence-electron chi connectivity index (χ0n) is 8.38. The number of hydrogen-bond acceptors (Lipinski definition) is 3. The topological polar surface area (TPSA) is 56.8 Å². The second kappa shape index (κ2) is 4.19. The minimum atomic E-state index is -1.38. The van der Waals surface area contributed by atoms with Gasteiger partial charge in [-0.25, -0.2) is 0 Å². The number of nitrogens with zero attached hydrogens (tertiary/aromatic N) is 2. The van der Waals surface area contributed by atoms with Crippen LogP contribution >= 0.6 is 46.4 Å². The van der Waals surface area contributed by atoms with Crippen molar-refractivity contribution in [3.8, 4) is 12.1 Å². The fourth-order valence-electron chi connectivity index (χ4n) is 2.34. The lowest BCUT2D eigenvalue weighted by molar-refractivity contribution is 0.0458. The van der Waals surface area contributed by atoms with Crippen LogP contribution in [0.5, 0.6) is 0 Å². The molecule has 0 aromatic heterocycles. The SMILES string of the molecule is N#CC[C@@H]1[C@H](CC#N)[C@@]2(Cl)O[C@@]1(Cl)C(Cl)=C2Cl. The van der Waals surface area contributed by atoms with E-state index in [1.165, 1.54) is 0 Å². The van der Waals surface area contributed by atoms with Gasteiger partial charge in [-0.3, -0.25) is 0 Å². The molecule has 2 heterocycles. The van der Waals surface area contributed by atoms with Crippen LogP contribution in [-0.4, -0.2) is 10.1 Å². The Labute approximate surface area is 118 Å². The lowest BCUT2D eigenvalue weighted by Crippen LogP contribution is -2.36. The lowest BCUT2D eigenvalue weighted by Gasteiger charge is -2.31. The monoisotopic (exact) mass is 310 g/mol. The first-order chi connectivity index (χ1) is 7.91. The maximum Gasteiger partial charge on any atom is 0.185 e. The van der Waals surface area contributed by atoms with E-state index in [0.29, 0.717) is 0 Å². The van der Waals surface area contributed by atoms with Crippen molar-refractivity contribution in [2.45, 2.75) is 23.0 Å². The largest absolute Gasteiger partial charge is 0.327 e. The van der Waals surface area contributed by atoms with Crippen molar-refractivity contribution in [2.24, 2.45) is 11.8 Å². The average Bonchev–Trinajstić information content (AvgIpc) is 2.60. The number of nitriles is 2. The van der Waals surface area contributed by atoms with Gasteiger partial charge in [0, 0.05) is 24.7 Å². The van der Waals surface area contributed by atoms with Crippen LogP contribution in [0.15, 0.2) is 10.1 Å². The molecule has 0 aromatic rings. The van der Waals surface area contributed by atoms with Crippen LogP contribution in [0.25, 0.3) is 0 Å². The van der Waals surface area contributed by atoms with Gasteiger partial charge in [0.2, 0.25) is 0 Å². The van der Waals surface area contributed by atoms with Crippen molar-refractivity contribution in [1.29, 1.82) is 10.5 Å². The van der Waals surface area contributed by atoms with E-state index in [0.717, 1.165) is 0 Å². The van der Waals surface area contributed by atoms with Gasteiger partial charge in [-0.2, -0.15) is 10.5 Å². The molecule has 0 amide bonds. The van der Waals surface area contributed by atoms with Gasteiger partial charge in [-0.15, -0.1) is 0 Å². The Morgan fingerprint density at radius 3 is 1.65 bits per heavy atom. The summed E-state index contributed by atoms with van der Waals surface area (Å²) in [6.07, 6.45) is 0.204. The molecule has 0 aliphatic carbocycles. The standard InChI is InChI=1S/C10H6Cl4N2O/c11-7-8(12)10(14)6(2-4-16)5(1-3-15)9(7,13)17-10/h5-6H,1-2H2/t5-,6+,9-,10-/m1/s1. The van der Waals surface area contributed by atoms with Crippen LogP contribution in [0, 0.1) is 34.5 Å². The summed E-state index contributed by atoms with van der Waals surface area (Å²) in [6, 6.07) is 4.01. The summed E-state index contributed by atoms with van der Waals surface area (Å²) in [4.78, 5) is 0. The number of fused-ring (bicyclic) bond motifs is 2. The lowest BCUT2D eigenvalue weighted by atomic mass is 9.78. The number of hydrogen-bond donors (Lipinski definition) is 0. The molecule has 17 heavy (non-hydrogen) atoms. The van der Waals surface area contributed by atoms with Crippen LogP contribution in [-0.2, 0) is 4.74 Å². The van der Waals surface area contributed by atoms with E-state index in [1.807, 2.05) is 12.1 Å². The molecule has 1 fully saturated rings. The first-order valence-electron chi connectivity index (χ1n) is 4.80. The van der Waals surface area contributed by atoms with Gasteiger partial charge in [0.05, 0.1) is 22.2 Å². The highest BCUT2D eigenvalue weighted by Gasteiger charge is 2.69. The summed E-state index contributed by atoms with van der Waals surface area (Å²) in [7, 11) is 0. The first-order valence-corrected chi connectivity index (χ1v) is 6.31. The molecule has 4 atom stereocenters. The van der Waals surface area contributed by atoms with E-state index in [1.54, 1.807) is 0 Å². The second-order valence-electron chi connectivity index (χ2n) is 3.96. The summed E-state index contributed by atoms with van der Waals surface area (Å²) in [6.45, 7) is 0. The van der Waals surface area contributed by atoms with E-state index >= 15 is 0 Å². The molecule has 0 N–H and O–H groups in total.